The molecule has 0 aliphatic heterocycles. The van der Waals surface area contributed by atoms with Gasteiger partial charge in [-0.2, -0.15) is 0 Å². The van der Waals surface area contributed by atoms with E-state index in [1.807, 2.05) is 5.70 Å². The quantitative estimate of drug-likeness (QED) is 0.646. The van der Waals surface area contributed by atoms with Crippen LogP contribution in [0.1, 0.15) is 39.0 Å². The molecule has 0 radical (unpaired) electrons. The largest absolute Gasteiger partial charge is 0.407 e. The number of allylic oxidation sites excluding steroid dienone is 1. The number of rotatable bonds is 4. The standard InChI is InChI=1S/C12H20OSi/c1-3-9-14(4-2)13-12-7-5-11(10-12)6-8-12/h3-4,9,11,14H,2,5-8,10H2,1H3. The fourth-order valence-electron chi connectivity index (χ4n) is 2.95. The summed E-state index contributed by atoms with van der Waals surface area (Å²) in [4.78, 5) is 0. The highest BCUT2D eigenvalue weighted by Gasteiger charge is 2.46. The van der Waals surface area contributed by atoms with E-state index in [2.05, 4.69) is 25.3 Å². The van der Waals surface area contributed by atoms with Crippen LogP contribution in [0.3, 0.4) is 0 Å². The molecular weight excluding hydrogens is 188 g/mol. The van der Waals surface area contributed by atoms with Gasteiger partial charge in [-0.3, -0.25) is 0 Å². The van der Waals surface area contributed by atoms with Gasteiger partial charge in [-0.15, -0.1) is 6.58 Å². The second-order valence-corrected chi connectivity index (χ2v) is 6.70. The molecule has 0 aromatic heterocycles. The van der Waals surface area contributed by atoms with Crippen molar-refractivity contribution >= 4 is 9.04 Å². The van der Waals surface area contributed by atoms with Crippen molar-refractivity contribution in [1.29, 1.82) is 0 Å². The van der Waals surface area contributed by atoms with Crippen molar-refractivity contribution in [3.8, 4) is 0 Å². The zero-order valence-corrected chi connectivity index (χ0v) is 10.2. The van der Waals surface area contributed by atoms with Crippen molar-refractivity contribution in [1.82, 2.24) is 0 Å². The molecule has 0 aromatic rings. The van der Waals surface area contributed by atoms with Gasteiger partial charge in [0.2, 0.25) is 9.04 Å². The summed E-state index contributed by atoms with van der Waals surface area (Å²) >= 11 is 0. The molecule has 0 heterocycles. The molecule has 2 saturated carbocycles. The smallest absolute Gasteiger partial charge is 0.225 e. The molecule has 78 valence electrons. The van der Waals surface area contributed by atoms with Gasteiger partial charge in [0.1, 0.15) is 0 Å². The maximum Gasteiger partial charge on any atom is 0.225 e. The lowest BCUT2D eigenvalue weighted by atomic mass is 9.98. The van der Waals surface area contributed by atoms with Gasteiger partial charge >= 0.3 is 0 Å². The first-order valence-corrected chi connectivity index (χ1v) is 7.52. The van der Waals surface area contributed by atoms with E-state index in [4.69, 9.17) is 4.43 Å². The summed E-state index contributed by atoms with van der Waals surface area (Å²) < 4.78 is 6.31. The average molecular weight is 208 g/mol. The summed E-state index contributed by atoms with van der Waals surface area (Å²) in [5.41, 5.74) is 4.54. The Kier molecular flexibility index (Phi) is 2.93. The monoisotopic (exact) mass is 208 g/mol. The van der Waals surface area contributed by atoms with Crippen LogP contribution >= 0.6 is 0 Å². The van der Waals surface area contributed by atoms with E-state index in [0.717, 1.165) is 5.92 Å². The first kappa shape index (κ1) is 10.2. The predicted molar refractivity (Wildman–Crippen MR) is 62.6 cm³/mol. The van der Waals surface area contributed by atoms with Crippen LogP contribution in [0.15, 0.2) is 24.1 Å². The zero-order chi connectivity index (χ0) is 10.0. The SMILES string of the molecule is C=C[SiH](C=CC)OC12CCC(CC1)C2. The van der Waals surface area contributed by atoms with Gasteiger partial charge in [0, 0.05) is 0 Å². The minimum Gasteiger partial charge on any atom is -0.407 e. The Morgan fingerprint density at radius 2 is 2.14 bits per heavy atom. The van der Waals surface area contributed by atoms with Crippen molar-refractivity contribution < 1.29 is 4.43 Å². The van der Waals surface area contributed by atoms with E-state index in [-0.39, 0.29) is 5.60 Å². The van der Waals surface area contributed by atoms with Gasteiger partial charge in [-0.1, -0.05) is 17.5 Å². The van der Waals surface area contributed by atoms with Crippen LogP contribution in [0.5, 0.6) is 0 Å². The Morgan fingerprint density at radius 1 is 1.43 bits per heavy atom. The van der Waals surface area contributed by atoms with E-state index >= 15 is 0 Å². The Balaban J connectivity index is 1.98. The van der Waals surface area contributed by atoms with Crippen molar-refractivity contribution in [2.24, 2.45) is 5.92 Å². The Morgan fingerprint density at radius 3 is 2.57 bits per heavy atom. The van der Waals surface area contributed by atoms with Gasteiger partial charge in [0.15, 0.2) is 0 Å². The molecule has 0 saturated heterocycles. The van der Waals surface area contributed by atoms with Crippen LogP contribution < -0.4 is 0 Å². The molecule has 2 heteroatoms. The first-order valence-electron chi connectivity index (χ1n) is 5.71. The van der Waals surface area contributed by atoms with Crippen LogP contribution in [0.4, 0.5) is 0 Å². The third kappa shape index (κ3) is 1.86. The normalized spacial score (nSPS) is 37.9. The van der Waals surface area contributed by atoms with Gasteiger partial charge < -0.3 is 4.43 Å². The molecule has 0 aromatic carbocycles. The second-order valence-electron chi connectivity index (χ2n) is 4.67. The Bertz CT molecular complexity index is 239. The molecular formula is C12H20OSi. The molecule has 1 nitrogen and oxygen atoms in total. The van der Waals surface area contributed by atoms with Crippen molar-refractivity contribution in [3.63, 3.8) is 0 Å². The first-order chi connectivity index (χ1) is 6.78. The predicted octanol–water partition coefficient (Wildman–Crippen LogP) is 2.90. The van der Waals surface area contributed by atoms with Crippen LogP contribution in [0, 0.1) is 5.92 Å². The molecule has 2 rings (SSSR count). The molecule has 1 unspecified atom stereocenters. The minimum atomic E-state index is -1.24. The summed E-state index contributed by atoms with van der Waals surface area (Å²) in [6, 6.07) is 0. The third-order valence-electron chi connectivity index (χ3n) is 3.68. The fraction of sp³-hybridized carbons (Fsp3) is 0.667. The van der Waals surface area contributed by atoms with Gasteiger partial charge in [-0.05, 0) is 44.9 Å². The van der Waals surface area contributed by atoms with E-state index in [1.54, 1.807) is 0 Å². The fourth-order valence-corrected chi connectivity index (χ4v) is 4.57. The molecule has 0 N–H and O–H groups in total. The summed E-state index contributed by atoms with van der Waals surface area (Å²) in [5.74, 6) is 0.972. The summed E-state index contributed by atoms with van der Waals surface area (Å²) in [7, 11) is -1.24. The van der Waals surface area contributed by atoms with Gasteiger partial charge in [0.25, 0.3) is 0 Å². The van der Waals surface area contributed by atoms with Crippen LogP contribution in [-0.2, 0) is 4.43 Å². The second kappa shape index (κ2) is 4.03. The van der Waals surface area contributed by atoms with Crippen LogP contribution in [-0.4, -0.2) is 14.6 Å². The van der Waals surface area contributed by atoms with Gasteiger partial charge in [-0.25, -0.2) is 0 Å². The molecule has 1 atom stereocenters. The molecule has 0 amide bonds. The zero-order valence-electron chi connectivity index (χ0n) is 9.04. The molecule has 2 fully saturated rings. The highest BCUT2D eigenvalue weighted by atomic mass is 28.3. The Labute approximate surface area is 88.6 Å². The lowest BCUT2D eigenvalue weighted by Crippen LogP contribution is -2.33. The molecule has 2 bridgehead atoms. The number of hydrogen-bond donors (Lipinski definition) is 0. The van der Waals surface area contributed by atoms with Crippen molar-refractivity contribution in [2.45, 2.75) is 44.6 Å². The number of fused-ring (bicyclic) bond motifs is 2. The average Bonchev–Trinajstić information content (AvgIpc) is 2.77. The minimum absolute atomic E-state index is 0.273. The lowest BCUT2D eigenvalue weighted by Gasteiger charge is -2.30. The van der Waals surface area contributed by atoms with Crippen molar-refractivity contribution in [2.75, 3.05) is 0 Å². The summed E-state index contributed by atoms with van der Waals surface area (Å²) in [5, 5.41) is 0. The van der Waals surface area contributed by atoms with E-state index in [1.165, 1.54) is 32.1 Å². The van der Waals surface area contributed by atoms with Crippen molar-refractivity contribution in [3.05, 3.63) is 24.1 Å². The van der Waals surface area contributed by atoms with Gasteiger partial charge in [0.05, 0.1) is 5.60 Å². The summed E-state index contributed by atoms with van der Waals surface area (Å²) in [6.45, 7) is 5.95. The van der Waals surface area contributed by atoms with E-state index in [0.29, 0.717) is 0 Å². The van der Waals surface area contributed by atoms with E-state index < -0.39 is 9.04 Å². The van der Waals surface area contributed by atoms with Crippen LogP contribution in [0.2, 0.25) is 0 Å². The third-order valence-corrected chi connectivity index (χ3v) is 5.68. The highest BCUT2D eigenvalue weighted by molar-refractivity contribution is 6.63. The molecule has 2 aliphatic carbocycles. The summed E-state index contributed by atoms with van der Waals surface area (Å²) in [6.07, 6.45) is 8.82. The number of hydrogen-bond acceptors (Lipinski definition) is 1. The maximum absolute atomic E-state index is 6.31. The topological polar surface area (TPSA) is 9.23 Å². The molecule has 0 spiro atoms. The molecule has 2 aliphatic rings. The van der Waals surface area contributed by atoms with E-state index in [9.17, 15) is 0 Å². The highest BCUT2D eigenvalue weighted by Crippen LogP contribution is 2.50. The maximum atomic E-state index is 6.31. The van der Waals surface area contributed by atoms with Crippen LogP contribution in [0.25, 0.3) is 0 Å². The lowest BCUT2D eigenvalue weighted by molar-refractivity contribution is 0.0828. The molecule has 14 heavy (non-hydrogen) atoms. The Hall–Kier alpha value is -0.343.